The topological polar surface area (TPSA) is 38.3 Å². The predicted octanol–water partition coefficient (Wildman–Crippen LogP) is 2.71. The van der Waals surface area contributed by atoms with E-state index in [1.54, 1.807) is 7.11 Å². The number of ether oxygens (including phenoxy) is 1. The Kier molecular flexibility index (Phi) is 3.90. The molecule has 0 spiro atoms. The Balaban J connectivity index is 1.91. The molecule has 0 radical (unpaired) electrons. The maximum Gasteiger partial charge on any atom is 0.223 e. The SMILES string of the molecule is CCC(C)NC(=O)C1CC1c1ccc(OC)cc1. The van der Waals surface area contributed by atoms with Crippen molar-refractivity contribution in [1.29, 1.82) is 0 Å². The minimum Gasteiger partial charge on any atom is -0.497 e. The molecule has 2 rings (SSSR count). The minimum atomic E-state index is 0.160. The van der Waals surface area contributed by atoms with Gasteiger partial charge in [0.25, 0.3) is 0 Å². The molecule has 0 heterocycles. The normalized spacial score (nSPS) is 23.3. The standard InChI is InChI=1S/C15H21NO2/c1-4-10(2)16-15(17)14-9-13(14)11-5-7-12(18-3)8-6-11/h5-8,10,13-14H,4,9H2,1-3H3,(H,16,17). The van der Waals surface area contributed by atoms with Gasteiger partial charge in [0.1, 0.15) is 5.75 Å². The monoisotopic (exact) mass is 247 g/mol. The van der Waals surface area contributed by atoms with Crippen LogP contribution in [0.25, 0.3) is 0 Å². The molecule has 0 aliphatic heterocycles. The van der Waals surface area contributed by atoms with Gasteiger partial charge in [-0.15, -0.1) is 0 Å². The van der Waals surface area contributed by atoms with E-state index in [4.69, 9.17) is 4.74 Å². The zero-order chi connectivity index (χ0) is 13.1. The van der Waals surface area contributed by atoms with E-state index in [2.05, 4.69) is 24.4 Å². The molecule has 1 N–H and O–H groups in total. The average molecular weight is 247 g/mol. The number of hydrogen-bond donors (Lipinski definition) is 1. The van der Waals surface area contributed by atoms with Crippen molar-refractivity contribution in [2.24, 2.45) is 5.92 Å². The highest BCUT2D eigenvalue weighted by Gasteiger charge is 2.43. The molecule has 18 heavy (non-hydrogen) atoms. The van der Waals surface area contributed by atoms with Crippen molar-refractivity contribution < 1.29 is 9.53 Å². The van der Waals surface area contributed by atoms with Gasteiger partial charge in [0.05, 0.1) is 7.11 Å². The number of nitrogens with one attached hydrogen (secondary N) is 1. The highest BCUT2D eigenvalue weighted by molar-refractivity contribution is 5.83. The summed E-state index contributed by atoms with van der Waals surface area (Å²) in [5, 5.41) is 3.05. The van der Waals surface area contributed by atoms with Gasteiger partial charge in [0.15, 0.2) is 0 Å². The third-order valence-corrected chi connectivity index (χ3v) is 3.67. The lowest BCUT2D eigenvalue weighted by Gasteiger charge is -2.11. The van der Waals surface area contributed by atoms with Crippen LogP contribution in [0.4, 0.5) is 0 Å². The van der Waals surface area contributed by atoms with Crippen LogP contribution in [-0.4, -0.2) is 19.1 Å². The van der Waals surface area contributed by atoms with E-state index >= 15 is 0 Å². The lowest BCUT2D eigenvalue weighted by Crippen LogP contribution is -2.33. The molecule has 3 atom stereocenters. The fourth-order valence-electron chi connectivity index (χ4n) is 2.16. The van der Waals surface area contributed by atoms with Crippen LogP contribution in [0.15, 0.2) is 24.3 Å². The van der Waals surface area contributed by atoms with Crippen LogP contribution < -0.4 is 10.1 Å². The van der Waals surface area contributed by atoms with Gasteiger partial charge < -0.3 is 10.1 Å². The van der Waals surface area contributed by atoms with Gasteiger partial charge in [-0.3, -0.25) is 4.79 Å². The van der Waals surface area contributed by atoms with E-state index in [-0.39, 0.29) is 17.9 Å². The van der Waals surface area contributed by atoms with E-state index in [9.17, 15) is 4.79 Å². The van der Waals surface area contributed by atoms with E-state index in [1.807, 2.05) is 19.1 Å². The summed E-state index contributed by atoms with van der Waals surface area (Å²) in [5.41, 5.74) is 1.24. The van der Waals surface area contributed by atoms with Gasteiger partial charge in [-0.2, -0.15) is 0 Å². The van der Waals surface area contributed by atoms with Crippen molar-refractivity contribution in [2.45, 2.75) is 38.6 Å². The van der Waals surface area contributed by atoms with Gasteiger partial charge >= 0.3 is 0 Å². The maximum absolute atomic E-state index is 11.9. The third-order valence-electron chi connectivity index (χ3n) is 3.67. The van der Waals surface area contributed by atoms with Gasteiger partial charge in [0.2, 0.25) is 5.91 Å². The lowest BCUT2D eigenvalue weighted by atomic mass is 10.1. The number of carbonyl (C=O) groups excluding carboxylic acids is 1. The first-order valence-corrected chi connectivity index (χ1v) is 6.60. The molecule has 0 aromatic heterocycles. The van der Waals surface area contributed by atoms with E-state index in [1.165, 1.54) is 5.56 Å². The zero-order valence-electron chi connectivity index (χ0n) is 11.3. The number of carbonyl (C=O) groups is 1. The van der Waals surface area contributed by atoms with Crippen LogP contribution in [0, 0.1) is 5.92 Å². The number of rotatable bonds is 5. The summed E-state index contributed by atoms with van der Waals surface area (Å²) in [6.45, 7) is 4.13. The second-order valence-corrected chi connectivity index (χ2v) is 5.04. The molecular formula is C15H21NO2. The van der Waals surface area contributed by atoms with Crippen molar-refractivity contribution in [1.82, 2.24) is 5.32 Å². The number of benzene rings is 1. The van der Waals surface area contributed by atoms with Gasteiger partial charge in [0, 0.05) is 12.0 Å². The molecule has 1 aromatic carbocycles. The van der Waals surface area contributed by atoms with Crippen LogP contribution in [-0.2, 0) is 4.79 Å². The highest BCUT2D eigenvalue weighted by atomic mass is 16.5. The number of hydrogen-bond acceptors (Lipinski definition) is 2. The second-order valence-electron chi connectivity index (χ2n) is 5.04. The average Bonchev–Trinajstić information content (AvgIpc) is 3.19. The molecule has 3 nitrogen and oxygen atoms in total. The first kappa shape index (κ1) is 12.9. The van der Waals surface area contributed by atoms with Crippen LogP contribution in [0.5, 0.6) is 5.75 Å². The molecule has 1 aromatic rings. The molecule has 98 valence electrons. The summed E-state index contributed by atoms with van der Waals surface area (Å²) in [5.74, 6) is 1.61. The quantitative estimate of drug-likeness (QED) is 0.868. The first-order valence-electron chi connectivity index (χ1n) is 6.60. The zero-order valence-corrected chi connectivity index (χ0v) is 11.3. The van der Waals surface area contributed by atoms with Crippen molar-refractivity contribution in [3.63, 3.8) is 0 Å². The van der Waals surface area contributed by atoms with Crippen molar-refractivity contribution in [3.05, 3.63) is 29.8 Å². The molecule has 3 heteroatoms. The smallest absolute Gasteiger partial charge is 0.223 e. The summed E-state index contributed by atoms with van der Waals surface area (Å²) >= 11 is 0. The number of methoxy groups -OCH3 is 1. The molecule has 1 amide bonds. The Bertz CT molecular complexity index is 413. The Labute approximate surface area is 109 Å². The number of amides is 1. The fraction of sp³-hybridized carbons (Fsp3) is 0.533. The van der Waals surface area contributed by atoms with E-state index in [0.29, 0.717) is 5.92 Å². The van der Waals surface area contributed by atoms with Gasteiger partial charge in [-0.1, -0.05) is 19.1 Å². The van der Waals surface area contributed by atoms with Crippen molar-refractivity contribution in [3.8, 4) is 5.75 Å². The summed E-state index contributed by atoms with van der Waals surface area (Å²) < 4.78 is 5.13. The molecule has 1 aliphatic carbocycles. The van der Waals surface area contributed by atoms with Crippen molar-refractivity contribution >= 4 is 5.91 Å². The predicted molar refractivity (Wildman–Crippen MR) is 71.7 cm³/mol. The van der Waals surface area contributed by atoms with Crippen LogP contribution in [0.2, 0.25) is 0 Å². The molecule has 0 bridgehead atoms. The molecule has 0 saturated heterocycles. The highest BCUT2D eigenvalue weighted by Crippen LogP contribution is 2.47. The summed E-state index contributed by atoms with van der Waals surface area (Å²) in [7, 11) is 1.66. The Morgan fingerprint density at radius 2 is 2.11 bits per heavy atom. The maximum atomic E-state index is 11.9. The van der Waals surface area contributed by atoms with Crippen LogP contribution in [0.3, 0.4) is 0 Å². The Morgan fingerprint density at radius 1 is 1.44 bits per heavy atom. The van der Waals surface area contributed by atoms with Gasteiger partial charge in [-0.25, -0.2) is 0 Å². The molecule has 1 aliphatic rings. The molecule has 3 unspecified atom stereocenters. The lowest BCUT2D eigenvalue weighted by molar-refractivity contribution is -0.123. The summed E-state index contributed by atoms with van der Waals surface area (Å²) in [4.78, 5) is 11.9. The summed E-state index contributed by atoms with van der Waals surface area (Å²) in [6.07, 6.45) is 1.94. The fourth-order valence-corrected chi connectivity index (χ4v) is 2.16. The first-order chi connectivity index (χ1) is 8.65. The second kappa shape index (κ2) is 5.42. The van der Waals surface area contributed by atoms with E-state index < -0.39 is 0 Å². The Morgan fingerprint density at radius 3 is 2.67 bits per heavy atom. The Hall–Kier alpha value is -1.51. The molecular weight excluding hydrogens is 226 g/mol. The third kappa shape index (κ3) is 2.84. The molecule has 1 saturated carbocycles. The van der Waals surface area contributed by atoms with Gasteiger partial charge in [-0.05, 0) is 43.4 Å². The summed E-state index contributed by atoms with van der Waals surface area (Å²) in [6, 6.07) is 8.30. The van der Waals surface area contributed by atoms with E-state index in [0.717, 1.165) is 18.6 Å². The van der Waals surface area contributed by atoms with Crippen molar-refractivity contribution in [2.75, 3.05) is 7.11 Å². The van der Waals surface area contributed by atoms with Crippen LogP contribution >= 0.6 is 0 Å². The minimum absolute atomic E-state index is 0.160. The molecule has 1 fully saturated rings. The largest absolute Gasteiger partial charge is 0.497 e. The van der Waals surface area contributed by atoms with Crippen LogP contribution in [0.1, 0.15) is 38.2 Å².